The van der Waals surface area contributed by atoms with Crippen LogP contribution in [0.15, 0.2) is 76.5 Å². The lowest BCUT2D eigenvalue weighted by atomic mass is 10.1. The maximum absolute atomic E-state index is 9.49. The first kappa shape index (κ1) is 21.0. The van der Waals surface area contributed by atoms with E-state index >= 15 is 0 Å². The number of nitrogens with two attached hydrogens (primary N) is 1. The predicted molar refractivity (Wildman–Crippen MR) is 108 cm³/mol. The highest BCUT2D eigenvalue weighted by Gasteiger charge is 2.10. The highest BCUT2D eigenvalue weighted by molar-refractivity contribution is 8.14. The maximum atomic E-state index is 9.49. The number of aliphatic hydroxyl groups excluding tert-OH is 3. The molecule has 0 saturated heterocycles. The van der Waals surface area contributed by atoms with Gasteiger partial charge in [-0.1, -0.05) is 36.6 Å². The minimum absolute atomic E-state index is 0.0509. The average Bonchev–Trinajstić information content (AvgIpc) is 2.74. The molecule has 0 bridgehead atoms. The molecule has 0 aromatic carbocycles. The van der Waals surface area contributed by atoms with Crippen molar-refractivity contribution in [1.29, 1.82) is 10.8 Å². The van der Waals surface area contributed by atoms with Gasteiger partial charge in [0.2, 0.25) is 0 Å². The third-order valence-electron chi connectivity index (χ3n) is 3.12. The third-order valence-corrected chi connectivity index (χ3v) is 3.92. The molecule has 1 rings (SSSR count). The van der Waals surface area contributed by atoms with Crippen molar-refractivity contribution >= 4 is 28.5 Å². The number of allylic oxidation sites excluding steroid dienone is 6. The van der Waals surface area contributed by atoms with Gasteiger partial charge < -0.3 is 26.5 Å². The van der Waals surface area contributed by atoms with Crippen molar-refractivity contribution in [3.05, 3.63) is 71.5 Å². The second-order valence-corrected chi connectivity index (χ2v) is 6.15. The number of aliphatic imine (C=N–C) groups is 1. The van der Waals surface area contributed by atoms with Crippen LogP contribution in [0.2, 0.25) is 0 Å². The van der Waals surface area contributed by atoms with Crippen molar-refractivity contribution in [3.63, 3.8) is 0 Å². The lowest BCUT2D eigenvalue weighted by Crippen LogP contribution is -2.16. The molecule has 0 aromatic heterocycles. The number of amidine groups is 2. The molecule has 1 aliphatic rings. The van der Waals surface area contributed by atoms with Gasteiger partial charge in [0.15, 0.2) is 10.9 Å². The van der Waals surface area contributed by atoms with Crippen LogP contribution in [-0.4, -0.2) is 37.8 Å². The van der Waals surface area contributed by atoms with E-state index in [9.17, 15) is 15.3 Å². The summed E-state index contributed by atoms with van der Waals surface area (Å²) in [5.74, 6) is -0.339. The Morgan fingerprint density at radius 2 is 2.08 bits per heavy atom. The Hall–Kier alpha value is -3.00. The smallest absolute Gasteiger partial charge is 0.182 e. The van der Waals surface area contributed by atoms with Crippen molar-refractivity contribution in [1.82, 2.24) is 0 Å². The summed E-state index contributed by atoms with van der Waals surface area (Å²) in [4.78, 5) is 3.96. The van der Waals surface area contributed by atoms with Crippen molar-refractivity contribution in [3.8, 4) is 0 Å². The van der Waals surface area contributed by atoms with Gasteiger partial charge in [-0.05, 0) is 30.7 Å². The summed E-state index contributed by atoms with van der Waals surface area (Å²) in [7, 11) is 0. The van der Waals surface area contributed by atoms with E-state index < -0.39 is 0 Å². The highest BCUT2D eigenvalue weighted by atomic mass is 32.2. The zero-order valence-electron chi connectivity index (χ0n) is 14.4. The molecule has 7 N–H and O–H groups in total. The van der Waals surface area contributed by atoms with Gasteiger partial charge in [0.05, 0.1) is 0 Å². The molecule has 0 amide bonds. The fraction of sp³-hybridized carbons (Fsp3) is 0.167. The fourth-order valence-corrected chi connectivity index (χ4v) is 2.48. The zero-order valence-corrected chi connectivity index (χ0v) is 15.2. The number of nitrogens with zero attached hydrogens (tertiary/aromatic N) is 1. The van der Waals surface area contributed by atoms with Gasteiger partial charge in [-0.25, -0.2) is 4.99 Å². The minimum Gasteiger partial charge on any atom is -0.509 e. The molecule has 0 fully saturated rings. The summed E-state index contributed by atoms with van der Waals surface area (Å²) in [6.07, 6.45) is 9.30. The number of hydrogen-bond donors (Lipinski definition) is 6. The summed E-state index contributed by atoms with van der Waals surface area (Å²) in [6, 6.07) is 0. The molecule has 0 aromatic rings. The van der Waals surface area contributed by atoms with E-state index in [-0.39, 0.29) is 46.2 Å². The van der Waals surface area contributed by atoms with Crippen LogP contribution in [0, 0.1) is 10.8 Å². The van der Waals surface area contributed by atoms with Gasteiger partial charge >= 0.3 is 0 Å². The fourth-order valence-electron chi connectivity index (χ4n) is 1.86. The van der Waals surface area contributed by atoms with Crippen molar-refractivity contribution in [2.75, 3.05) is 5.75 Å². The van der Waals surface area contributed by atoms with Gasteiger partial charge in [-0.3, -0.25) is 5.41 Å². The Kier molecular flexibility index (Phi) is 8.17. The monoisotopic (exact) mass is 374 g/mol. The van der Waals surface area contributed by atoms with E-state index in [0.717, 1.165) is 11.8 Å². The van der Waals surface area contributed by atoms with E-state index in [1.165, 1.54) is 18.2 Å². The first-order chi connectivity index (χ1) is 12.2. The normalized spacial score (nSPS) is 15.8. The van der Waals surface area contributed by atoms with Crippen LogP contribution in [0.5, 0.6) is 0 Å². The van der Waals surface area contributed by atoms with Gasteiger partial charge in [0.25, 0.3) is 0 Å². The highest BCUT2D eigenvalue weighted by Crippen LogP contribution is 2.17. The quantitative estimate of drug-likeness (QED) is 0.181. The van der Waals surface area contributed by atoms with Gasteiger partial charge in [-0.15, -0.1) is 0 Å². The largest absolute Gasteiger partial charge is 0.509 e. The van der Waals surface area contributed by atoms with Crippen molar-refractivity contribution in [2.45, 2.75) is 13.3 Å². The van der Waals surface area contributed by atoms with E-state index in [1.807, 2.05) is 0 Å². The molecule has 138 valence electrons. The Balaban J connectivity index is 2.73. The first-order valence-corrected chi connectivity index (χ1v) is 8.58. The molecule has 0 atom stereocenters. The van der Waals surface area contributed by atoms with Crippen LogP contribution in [0.3, 0.4) is 0 Å². The minimum atomic E-state index is -0.226. The van der Waals surface area contributed by atoms with Gasteiger partial charge in [-0.2, -0.15) is 0 Å². The molecular weight excluding hydrogens is 352 g/mol. The average molecular weight is 374 g/mol. The second-order valence-electron chi connectivity index (χ2n) is 5.19. The van der Waals surface area contributed by atoms with Gasteiger partial charge in [0.1, 0.15) is 17.4 Å². The molecule has 0 spiro atoms. The second kappa shape index (κ2) is 10.1. The first-order valence-electron chi connectivity index (χ1n) is 7.59. The maximum Gasteiger partial charge on any atom is 0.182 e. The van der Waals surface area contributed by atoms with E-state index in [4.69, 9.17) is 16.6 Å². The zero-order chi connectivity index (χ0) is 19.7. The topological polar surface area (TPSA) is 147 Å². The molecule has 0 radical (unpaired) electrons. The van der Waals surface area contributed by atoms with Crippen LogP contribution < -0.4 is 5.73 Å². The molecular formula is C18H22N4O3S. The molecule has 0 heterocycles. The molecule has 26 heavy (non-hydrogen) atoms. The lowest BCUT2D eigenvalue weighted by molar-refractivity contribution is 0.332. The number of nitrogens with one attached hydrogen (secondary N) is 2. The van der Waals surface area contributed by atoms with E-state index in [2.05, 4.69) is 11.6 Å². The molecule has 7 nitrogen and oxygen atoms in total. The Bertz CT molecular complexity index is 786. The predicted octanol–water partition coefficient (Wildman–Crippen LogP) is 3.82. The lowest BCUT2D eigenvalue weighted by Gasteiger charge is -2.05. The van der Waals surface area contributed by atoms with E-state index in [0.29, 0.717) is 11.1 Å². The van der Waals surface area contributed by atoms with Crippen LogP contribution >= 0.6 is 11.8 Å². The van der Waals surface area contributed by atoms with E-state index in [1.54, 1.807) is 25.2 Å². The number of thioether (sulfide) groups is 1. The van der Waals surface area contributed by atoms with Crippen LogP contribution in [0.25, 0.3) is 0 Å². The molecule has 0 unspecified atom stereocenters. The summed E-state index contributed by atoms with van der Waals surface area (Å²) >= 11 is 1.01. The molecule has 1 aliphatic carbocycles. The summed E-state index contributed by atoms with van der Waals surface area (Å²) < 4.78 is 0. The van der Waals surface area contributed by atoms with Gasteiger partial charge in [0, 0.05) is 23.5 Å². The summed E-state index contributed by atoms with van der Waals surface area (Å²) in [5.41, 5.74) is 7.03. The van der Waals surface area contributed by atoms with Crippen LogP contribution in [0.4, 0.5) is 0 Å². The Labute approximate surface area is 156 Å². The summed E-state index contributed by atoms with van der Waals surface area (Å²) in [5, 5.41) is 44.1. The SMILES string of the molecule is C=C(O)/C=C(\C=C/C)C(/N)=N/C(=N)SCC(=N)C1=CCC(O)=C(O)C=C1. The molecule has 0 aliphatic heterocycles. The van der Waals surface area contributed by atoms with Crippen LogP contribution in [0.1, 0.15) is 13.3 Å². The Morgan fingerprint density at radius 1 is 1.38 bits per heavy atom. The van der Waals surface area contributed by atoms with Crippen LogP contribution in [-0.2, 0) is 0 Å². The molecule has 8 heteroatoms. The molecule has 0 saturated carbocycles. The Morgan fingerprint density at radius 3 is 2.69 bits per heavy atom. The standard InChI is InChI=1S/C18H22N4O3S/c1-3-4-13(9-11(2)23)17(20)22-18(21)26-10-14(19)12-5-7-15(24)16(25)8-6-12/h3-7,9,19,23-25H,2,8,10H2,1H3,(H3,20,21,22)/b4-3-,13-9+,19-14?. The number of aliphatic hydroxyl groups is 3. The third kappa shape index (κ3) is 6.86. The van der Waals surface area contributed by atoms with Crippen molar-refractivity contribution in [2.24, 2.45) is 10.7 Å². The number of hydrogen-bond acceptors (Lipinski definition) is 6. The van der Waals surface area contributed by atoms with Crippen molar-refractivity contribution < 1.29 is 15.3 Å². The summed E-state index contributed by atoms with van der Waals surface area (Å²) in [6.45, 7) is 5.14. The number of rotatable bonds is 6.